The number of halogens is 1. The zero-order valence-electron chi connectivity index (χ0n) is 22.8. The highest BCUT2D eigenvalue weighted by atomic mass is 35.5. The number of anilines is 2. The molecule has 1 N–H and O–H groups in total. The van der Waals surface area contributed by atoms with Crippen molar-refractivity contribution in [2.75, 3.05) is 29.3 Å². The summed E-state index contributed by atoms with van der Waals surface area (Å²) in [6, 6.07) is 13.9. The summed E-state index contributed by atoms with van der Waals surface area (Å²) in [6.45, 7) is 8.24. The van der Waals surface area contributed by atoms with Crippen LogP contribution in [-0.2, 0) is 34.1 Å². The fourth-order valence-corrected chi connectivity index (χ4v) is 8.00. The van der Waals surface area contributed by atoms with Gasteiger partial charge in [-0.25, -0.2) is 13.2 Å². The van der Waals surface area contributed by atoms with Crippen molar-refractivity contribution >= 4 is 56.3 Å². The van der Waals surface area contributed by atoms with E-state index in [4.69, 9.17) is 4.74 Å². The number of benzene rings is 2. The second-order valence-corrected chi connectivity index (χ2v) is 13.0. The second-order valence-electron chi connectivity index (χ2n) is 10.0. The minimum Gasteiger partial charge on any atom is -0.462 e. The predicted molar refractivity (Wildman–Crippen MR) is 160 cm³/mol. The Morgan fingerprint density at radius 3 is 2.48 bits per heavy atom. The SMILES string of the molecule is CCOC(=O)c1c(NC(=O)c2ccc(S(=O)(=O)N3CCCc4ccccc43)cc2)sc2c1CCN(C(C)C)C2.Cl. The van der Waals surface area contributed by atoms with E-state index in [1.807, 2.05) is 24.3 Å². The lowest BCUT2D eigenvalue weighted by atomic mass is 10.0. The molecule has 2 aliphatic heterocycles. The lowest BCUT2D eigenvalue weighted by molar-refractivity contribution is 0.0526. The molecule has 5 rings (SSSR count). The topological polar surface area (TPSA) is 96.0 Å². The number of carbonyl (C=O) groups excluding carboxylic acids is 2. The number of hydrogen-bond acceptors (Lipinski definition) is 7. The molecule has 3 aromatic rings. The Kier molecular flexibility index (Phi) is 9.24. The Balaban J connectivity index is 0.00000370. The number of esters is 1. The smallest absolute Gasteiger partial charge is 0.341 e. The third kappa shape index (κ3) is 5.76. The van der Waals surface area contributed by atoms with Crippen LogP contribution in [0.1, 0.15) is 63.9 Å². The van der Waals surface area contributed by atoms with Gasteiger partial charge in [0, 0.05) is 36.1 Å². The highest BCUT2D eigenvalue weighted by molar-refractivity contribution is 7.92. The van der Waals surface area contributed by atoms with Gasteiger partial charge >= 0.3 is 5.97 Å². The number of aryl methyl sites for hydroxylation is 1. The predicted octanol–water partition coefficient (Wildman–Crippen LogP) is 5.51. The molecule has 2 aromatic carbocycles. The lowest BCUT2D eigenvalue weighted by Crippen LogP contribution is -2.35. The van der Waals surface area contributed by atoms with E-state index in [9.17, 15) is 18.0 Å². The maximum absolute atomic E-state index is 13.5. The summed E-state index contributed by atoms with van der Waals surface area (Å²) in [6.07, 6.45) is 2.30. The van der Waals surface area contributed by atoms with Crippen molar-refractivity contribution in [1.82, 2.24) is 4.90 Å². The molecule has 0 fully saturated rings. The van der Waals surface area contributed by atoms with Crippen LogP contribution >= 0.6 is 23.7 Å². The molecule has 40 heavy (non-hydrogen) atoms. The average molecular weight is 604 g/mol. The Morgan fingerprint density at radius 2 is 1.77 bits per heavy atom. The fourth-order valence-electron chi connectivity index (χ4n) is 5.20. The summed E-state index contributed by atoms with van der Waals surface area (Å²) >= 11 is 1.40. The second kappa shape index (κ2) is 12.3. The number of nitrogens with one attached hydrogen (secondary N) is 1. The van der Waals surface area contributed by atoms with E-state index in [1.54, 1.807) is 6.92 Å². The van der Waals surface area contributed by atoms with E-state index in [0.717, 1.165) is 35.4 Å². The van der Waals surface area contributed by atoms with Gasteiger partial charge in [0.15, 0.2) is 0 Å². The zero-order chi connectivity index (χ0) is 27.7. The lowest BCUT2D eigenvalue weighted by Gasteiger charge is -2.30. The number of hydrogen-bond donors (Lipinski definition) is 1. The Hall–Kier alpha value is -2.92. The van der Waals surface area contributed by atoms with E-state index in [0.29, 0.717) is 47.4 Å². The Bertz CT molecular complexity index is 1500. The number of nitrogens with zero attached hydrogens (tertiary/aromatic N) is 2. The summed E-state index contributed by atoms with van der Waals surface area (Å²) < 4.78 is 33.7. The van der Waals surface area contributed by atoms with Gasteiger partial charge in [0.1, 0.15) is 5.00 Å². The molecule has 0 saturated carbocycles. The quantitative estimate of drug-likeness (QED) is 0.358. The number of carbonyl (C=O) groups is 2. The molecule has 8 nitrogen and oxygen atoms in total. The van der Waals surface area contributed by atoms with Crippen molar-refractivity contribution in [2.45, 2.75) is 57.5 Å². The summed E-state index contributed by atoms with van der Waals surface area (Å²) in [4.78, 5) is 29.6. The molecular weight excluding hydrogens is 570 g/mol. The molecule has 1 amide bonds. The molecule has 0 atom stereocenters. The molecule has 0 bridgehead atoms. The van der Waals surface area contributed by atoms with Crippen LogP contribution in [0.15, 0.2) is 53.4 Å². The molecule has 0 spiro atoms. The van der Waals surface area contributed by atoms with Crippen molar-refractivity contribution in [3.63, 3.8) is 0 Å². The van der Waals surface area contributed by atoms with Gasteiger partial charge in [-0.05, 0) is 81.5 Å². The van der Waals surface area contributed by atoms with E-state index >= 15 is 0 Å². The number of ether oxygens (including phenoxy) is 1. The zero-order valence-corrected chi connectivity index (χ0v) is 25.3. The number of thiophene rings is 1. The summed E-state index contributed by atoms with van der Waals surface area (Å²) in [5.41, 5.74) is 3.38. The van der Waals surface area contributed by atoms with Gasteiger partial charge in [-0.2, -0.15) is 0 Å². The molecule has 11 heteroatoms. The minimum atomic E-state index is -3.78. The molecule has 0 unspecified atom stereocenters. The largest absolute Gasteiger partial charge is 0.462 e. The number of para-hydroxylation sites is 1. The highest BCUT2D eigenvalue weighted by Crippen LogP contribution is 2.38. The molecule has 0 radical (unpaired) electrons. The van der Waals surface area contributed by atoms with Crippen LogP contribution in [-0.4, -0.2) is 50.9 Å². The van der Waals surface area contributed by atoms with Crippen molar-refractivity contribution < 1.29 is 22.7 Å². The number of amides is 1. The standard InChI is InChI=1S/C29H33N3O5S2.ClH/c1-4-37-29(34)26-23-15-17-31(19(2)3)18-25(23)38-28(26)30-27(33)21-11-13-22(14-12-21)39(35,36)32-16-7-9-20-8-5-6-10-24(20)32;/h5-6,8,10-14,19H,4,7,9,15-18H2,1-3H3,(H,30,33);1H. The Labute approximate surface area is 245 Å². The number of sulfonamides is 1. The van der Waals surface area contributed by atoms with E-state index in [2.05, 4.69) is 24.1 Å². The highest BCUT2D eigenvalue weighted by Gasteiger charge is 2.31. The average Bonchev–Trinajstić information content (AvgIpc) is 3.29. The van der Waals surface area contributed by atoms with Crippen molar-refractivity contribution in [3.8, 4) is 0 Å². The van der Waals surface area contributed by atoms with E-state index in [1.165, 1.54) is 39.9 Å². The van der Waals surface area contributed by atoms with Gasteiger partial charge in [-0.3, -0.25) is 14.0 Å². The maximum Gasteiger partial charge on any atom is 0.341 e. The molecule has 0 saturated heterocycles. The van der Waals surface area contributed by atoms with E-state index in [-0.39, 0.29) is 23.9 Å². The molecule has 3 heterocycles. The normalized spacial score (nSPS) is 15.2. The maximum atomic E-state index is 13.5. The third-order valence-electron chi connectivity index (χ3n) is 7.30. The molecule has 214 valence electrons. The van der Waals surface area contributed by atoms with Gasteiger partial charge < -0.3 is 10.1 Å². The Morgan fingerprint density at radius 1 is 1.05 bits per heavy atom. The van der Waals surface area contributed by atoms with Gasteiger partial charge in [0.05, 0.1) is 22.8 Å². The summed E-state index contributed by atoms with van der Waals surface area (Å²) in [7, 11) is -3.78. The first-order chi connectivity index (χ1) is 18.7. The van der Waals surface area contributed by atoms with Gasteiger partial charge in [0.25, 0.3) is 15.9 Å². The summed E-state index contributed by atoms with van der Waals surface area (Å²) in [5, 5.41) is 3.37. The first-order valence-electron chi connectivity index (χ1n) is 13.3. The number of fused-ring (bicyclic) bond motifs is 2. The van der Waals surface area contributed by atoms with Crippen LogP contribution in [0.3, 0.4) is 0 Å². The van der Waals surface area contributed by atoms with Gasteiger partial charge in [-0.1, -0.05) is 18.2 Å². The third-order valence-corrected chi connectivity index (χ3v) is 10.3. The molecule has 2 aliphatic rings. The van der Waals surface area contributed by atoms with Gasteiger partial charge in [-0.15, -0.1) is 23.7 Å². The van der Waals surface area contributed by atoms with Crippen LogP contribution in [0.2, 0.25) is 0 Å². The van der Waals surface area contributed by atoms with Crippen molar-refractivity contribution in [3.05, 3.63) is 75.7 Å². The monoisotopic (exact) mass is 603 g/mol. The van der Waals surface area contributed by atoms with Crippen molar-refractivity contribution in [2.24, 2.45) is 0 Å². The molecule has 1 aromatic heterocycles. The van der Waals surface area contributed by atoms with Crippen molar-refractivity contribution in [1.29, 1.82) is 0 Å². The molecular formula is C29H34ClN3O5S2. The first-order valence-corrected chi connectivity index (χ1v) is 15.5. The fraction of sp³-hybridized carbons (Fsp3) is 0.379. The molecule has 0 aliphatic carbocycles. The van der Waals surface area contributed by atoms with Crippen LogP contribution in [0.4, 0.5) is 10.7 Å². The minimum absolute atomic E-state index is 0. The first kappa shape index (κ1) is 30.0. The van der Waals surface area contributed by atoms with Gasteiger partial charge in [0.2, 0.25) is 0 Å². The van der Waals surface area contributed by atoms with Crippen LogP contribution < -0.4 is 9.62 Å². The summed E-state index contributed by atoms with van der Waals surface area (Å²) in [5.74, 6) is -0.848. The van der Waals surface area contributed by atoms with Crippen LogP contribution in [0, 0.1) is 0 Å². The van der Waals surface area contributed by atoms with Crippen LogP contribution in [0.5, 0.6) is 0 Å². The number of rotatable bonds is 7. The van der Waals surface area contributed by atoms with E-state index < -0.39 is 21.9 Å². The van der Waals surface area contributed by atoms with Crippen LogP contribution in [0.25, 0.3) is 0 Å².